The van der Waals surface area contributed by atoms with Crippen molar-refractivity contribution in [1.29, 1.82) is 0 Å². The van der Waals surface area contributed by atoms with Crippen LogP contribution in [0.5, 0.6) is 0 Å². The lowest BCUT2D eigenvalue weighted by Crippen LogP contribution is -2.54. The van der Waals surface area contributed by atoms with E-state index in [2.05, 4.69) is 10.6 Å². The van der Waals surface area contributed by atoms with Crippen LogP contribution in [-0.2, 0) is 43.0 Å². The first-order valence-electron chi connectivity index (χ1n) is 13.8. The Morgan fingerprint density at radius 1 is 0.575 bits per heavy atom. The van der Waals surface area contributed by atoms with Crippen LogP contribution in [0.2, 0.25) is 0 Å². The first-order valence-corrected chi connectivity index (χ1v) is 13.8. The van der Waals surface area contributed by atoms with Gasteiger partial charge in [-0.05, 0) is 36.5 Å². The van der Waals surface area contributed by atoms with Gasteiger partial charge in [-0.3, -0.25) is 19.2 Å². The molecule has 230 valence electrons. The van der Waals surface area contributed by atoms with Crippen molar-refractivity contribution in [2.75, 3.05) is 0 Å². The lowest BCUT2D eigenvalue weighted by atomic mass is 10.0. The second kappa shape index (κ2) is 16.9. The molecule has 6 atom stereocenters. The molecule has 2 amide bonds. The molecular formula is C28H49N3O9. The summed E-state index contributed by atoms with van der Waals surface area (Å²) >= 11 is 0. The highest BCUT2D eigenvalue weighted by molar-refractivity contribution is 5.91. The molecule has 12 nitrogen and oxygen atoms in total. The van der Waals surface area contributed by atoms with Gasteiger partial charge >= 0.3 is 17.9 Å². The number of nitrogens with two attached hydrogens (primary N) is 1. The minimum Gasteiger partial charge on any atom is -0.453 e. The predicted molar refractivity (Wildman–Crippen MR) is 147 cm³/mol. The Bertz CT molecular complexity index is 886. The van der Waals surface area contributed by atoms with Crippen molar-refractivity contribution in [2.45, 2.75) is 113 Å². The topological polar surface area (TPSA) is 180 Å². The summed E-state index contributed by atoms with van der Waals surface area (Å²) in [5, 5.41) is 5.07. The van der Waals surface area contributed by atoms with Crippen LogP contribution in [0.4, 0.5) is 0 Å². The van der Waals surface area contributed by atoms with Gasteiger partial charge in [0.05, 0.1) is 0 Å². The smallest absolute Gasteiger partial charge is 0.329 e. The van der Waals surface area contributed by atoms with Crippen LogP contribution < -0.4 is 16.4 Å². The average molecular weight is 572 g/mol. The molecule has 0 spiro atoms. The van der Waals surface area contributed by atoms with Crippen molar-refractivity contribution in [3.63, 3.8) is 0 Å². The maximum atomic E-state index is 13.0. The number of hydrogen-bond donors (Lipinski definition) is 3. The fourth-order valence-electron chi connectivity index (χ4n) is 3.30. The van der Waals surface area contributed by atoms with Gasteiger partial charge in [0.25, 0.3) is 11.8 Å². The van der Waals surface area contributed by atoms with Crippen LogP contribution in [-0.4, -0.2) is 72.4 Å². The second-order valence-corrected chi connectivity index (χ2v) is 11.7. The summed E-state index contributed by atoms with van der Waals surface area (Å²) in [4.78, 5) is 75.0. The van der Waals surface area contributed by atoms with Crippen molar-refractivity contribution in [3.8, 4) is 0 Å². The van der Waals surface area contributed by atoms with E-state index in [9.17, 15) is 28.8 Å². The van der Waals surface area contributed by atoms with Crippen LogP contribution in [0.25, 0.3) is 0 Å². The minimum absolute atomic E-state index is 0.201. The van der Waals surface area contributed by atoms with E-state index in [4.69, 9.17) is 19.9 Å². The van der Waals surface area contributed by atoms with Crippen LogP contribution >= 0.6 is 0 Å². The Balaban J connectivity index is 5.49. The summed E-state index contributed by atoms with van der Waals surface area (Å²) in [5.74, 6) is -5.57. The third-order valence-electron chi connectivity index (χ3n) is 6.24. The number of amides is 2. The molecule has 0 aromatic rings. The van der Waals surface area contributed by atoms with E-state index in [0.29, 0.717) is 6.29 Å². The Labute approximate surface area is 237 Å². The van der Waals surface area contributed by atoms with Crippen LogP contribution in [0.1, 0.15) is 76.2 Å². The van der Waals surface area contributed by atoms with Crippen LogP contribution in [0.3, 0.4) is 0 Å². The lowest BCUT2D eigenvalue weighted by Gasteiger charge is -2.28. The molecule has 0 aromatic heterocycles. The number of carbonyl (C=O) groups is 6. The zero-order valence-electron chi connectivity index (χ0n) is 25.7. The van der Waals surface area contributed by atoms with Crippen molar-refractivity contribution < 1.29 is 43.0 Å². The van der Waals surface area contributed by atoms with Gasteiger partial charge in [-0.1, -0.05) is 69.2 Å². The van der Waals surface area contributed by atoms with Gasteiger partial charge < -0.3 is 30.6 Å². The van der Waals surface area contributed by atoms with Crippen molar-refractivity contribution in [1.82, 2.24) is 10.6 Å². The summed E-state index contributed by atoms with van der Waals surface area (Å²) in [6.07, 6.45) is -2.97. The molecule has 0 aliphatic rings. The van der Waals surface area contributed by atoms with Gasteiger partial charge in [-0.15, -0.1) is 0 Å². The number of aldehydes is 1. The first-order chi connectivity index (χ1) is 18.3. The van der Waals surface area contributed by atoms with E-state index in [1.54, 1.807) is 69.2 Å². The Kier molecular flexibility index (Phi) is 15.7. The van der Waals surface area contributed by atoms with Gasteiger partial charge in [0.15, 0.2) is 24.6 Å². The second-order valence-electron chi connectivity index (χ2n) is 11.7. The van der Waals surface area contributed by atoms with Gasteiger partial charge in [0.2, 0.25) is 0 Å². The minimum atomic E-state index is -1.32. The lowest BCUT2D eigenvalue weighted by molar-refractivity contribution is -0.164. The van der Waals surface area contributed by atoms with Gasteiger partial charge in [0.1, 0.15) is 18.1 Å². The largest absolute Gasteiger partial charge is 0.453 e. The molecule has 0 fully saturated rings. The normalized spacial score (nSPS) is 16.1. The molecule has 0 aromatic carbocycles. The van der Waals surface area contributed by atoms with Gasteiger partial charge in [0, 0.05) is 0 Å². The summed E-state index contributed by atoms with van der Waals surface area (Å²) in [6, 6.07) is -3.17. The van der Waals surface area contributed by atoms with E-state index < -0.39 is 78.0 Å². The highest BCUT2D eigenvalue weighted by Gasteiger charge is 2.36. The quantitative estimate of drug-likeness (QED) is 0.140. The van der Waals surface area contributed by atoms with E-state index in [0.717, 1.165) is 0 Å². The van der Waals surface area contributed by atoms with Crippen molar-refractivity contribution in [3.05, 3.63) is 0 Å². The average Bonchev–Trinajstić information content (AvgIpc) is 2.85. The monoisotopic (exact) mass is 571 g/mol. The zero-order chi connectivity index (χ0) is 31.5. The number of hydrogen-bond acceptors (Lipinski definition) is 10. The summed E-state index contributed by atoms with van der Waals surface area (Å²) in [6.45, 7) is 18.3. The third kappa shape index (κ3) is 11.6. The van der Waals surface area contributed by atoms with E-state index in [1.807, 2.05) is 0 Å². The highest BCUT2D eigenvalue weighted by Crippen LogP contribution is 2.14. The maximum Gasteiger partial charge on any atom is 0.329 e. The molecular weight excluding hydrogens is 522 g/mol. The van der Waals surface area contributed by atoms with E-state index >= 15 is 0 Å². The summed E-state index contributed by atoms with van der Waals surface area (Å²) in [5.41, 5.74) is 5.84. The van der Waals surface area contributed by atoms with E-state index in [-0.39, 0.29) is 17.8 Å². The molecule has 40 heavy (non-hydrogen) atoms. The number of nitrogens with one attached hydrogen (secondary N) is 2. The molecule has 0 rings (SSSR count). The zero-order valence-corrected chi connectivity index (χ0v) is 25.7. The van der Waals surface area contributed by atoms with Gasteiger partial charge in [-0.2, -0.15) is 0 Å². The Hall–Kier alpha value is -3.02. The number of esters is 3. The van der Waals surface area contributed by atoms with Gasteiger partial charge in [-0.25, -0.2) is 9.59 Å². The molecule has 12 heteroatoms. The van der Waals surface area contributed by atoms with Crippen molar-refractivity contribution in [2.24, 2.45) is 35.3 Å². The molecule has 1 unspecified atom stereocenters. The maximum absolute atomic E-state index is 13.0. The van der Waals surface area contributed by atoms with E-state index in [1.165, 1.54) is 6.92 Å². The molecule has 0 radical (unpaired) electrons. The molecule has 0 aliphatic heterocycles. The number of ether oxygens (including phenoxy) is 3. The fourth-order valence-corrected chi connectivity index (χ4v) is 3.30. The Morgan fingerprint density at radius 3 is 1.40 bits per heavy atom. The van der Waals surface area contributed by atoms with Crippen LogP contribution in [0, 0.1) is 29.6 Å². The summed E-state index contributed by atoms with van der Waals surface area (Å²) in [7, 11) is 0. The highest BCUT2D eigenvalue weighted by atomic mass is 16.6. The fraction of sp³-hybridized carbons (Fsp3) is 0.786. The predicted octanol–water partition coefficient (Wildman–Crippen LogP) is 1.52. The SMILES string of the molecule is CC(C)C(NC(=O)[C@H](OC(=O)[C@@H](N)C(C)C)C(C)C)C(=O)O[C@@H](C)C(=O)N[C@H](C(=O)O[C@@H](C=O)C(C)C)C(C)C. The first kappa shape index (κ1) is 37.0. The number of rotatable bonds is 16. The third-order valence-corrected chi connectivity index (χ3v) is 6.24. The standard InChI is InChI=1S/C28H49N3O9/c1-13(2)19(12-32)39-28(37)22(16(7)8)30-24(33)18(11)38-27(36)21(15(5)6)31-25(34)23(17(9)10)40-26(35)20(29)14(3)4/h12-23H,29H2,1-11H3,(H,30,33)(H,31,34)/t18-,19-,20-,21?,22-,23+/m0/s1. The molecule has 0 heterocycles. The van der Waals surface area contributed by atoms with Crippen molar-refractivity contribution >= 4 is 36.0 Å². The molecule has 0 saturated carbocycles. The molecule has 4 N–H and O–H groups in total. The molecule has 0 bridgehead atoms. The Morgan fingerprint density at radius 2 is 1.02 bits per heavy atom. The van der Waals surface area contributed by atoms with Crippen LogP contribution in [0.15, 0.2) is 0 Å². The summed E-state index contributed by atoms with van der Waals surface area (Å²) < 4.78 is 15.9. The number of carbonyl (C=O) groups excluding carboxylic acids is 6. The molecule has 0 aliphatic carbocycles. The molecule has 0 saturated heterocycles.